The van der Waals surface area contributed by atoms with Crippen molar-refractivity contribution in [3.05, 3.63) is 83.8 Å². The van der Waals surface area contributed by atoms with Gasteiger partial charge in [0.1, 0.15) is 5.75 Å². The van der Waals surface area contributed by atoms with Gasteiger partial charge in [-0.15, -0.1) is 0 Å². The molecule has 21 heavy (non-hydrogen) atoms. The second-order valence-electron chi connectivity index (χ2n) is 4.61. The second-order valence-corrected chi connectivity index (χ2v) is 5.05. The predicted octanol–water partition coefficient (Wildman–Crippen LogP) is 3.86. The summed E-state index contributed by atoms with van der Waals surface area (Å²) in [5.74, 6) is 1.21. The Bertz CT molecular complexity index is 732. The molecule has 0 aliphatic carbocycles. The first-order chi connectivity index (χ1) is 10.3. The van der Waals surface area contributed by atoms with Crippen LogP contribution in [0.3, 0.4) is 0 Å². The van der Waals surface area contributed by atoms with Gasteiger partial charge in [-0.2, -0.15) is 4.57 Å². The molecule has 0 bridgehead atoms. The monoisotopic (exact) mass is 297 g/mol. The molecule has 0 atom stereocenters. The highest BCUT2D eigenvalue weighted by atomic mass is 35.5. The average Bonchev–Trinajstić information content (AvgIpc) is 2.49. The zero-order valence-electron chi connectivity index (χ0n) is 11.3. The Morgan fingerprint density at radius 2 is 1.90 bits per heavy atom. The van der Waals surface area contributed by atoms with Crippen molar-refractivity contribution in [3.8, 4) is 11.6 Å². The van der Waals surface area contributed by atoms with E-state index in [1.165, 1.54) is 5.56 Å². The first kappa shape index (κ1) is 13.6. The van der Waals surface area contributed by atoms with Gasteiger partial charge in [0.25, 0.3) is 5.88 Å². The van der Waals surface area contributed by atoms with E-state index in [2.05, 4.69) is 17.1 Å². The number of benzene rings is 2. The Labute approximate surface area is 128 Å². The molecule has 0 saturated heterocycles. The topological polar surface area (TPSA) is 26.0 Å². The lowest BCUT2D eigenvalue weighted by Gasteiger charge is -2.04. The fourth-order valence-corrected chi connectivity index (χ4v) is 2.19. The zero-order valence-corrected chi connectivity index (χ0v) is 12.1. The Hall–Kier alpha value is -2.39. The minimum Gasteiger partial charge on any atom is -0.434 e. The Morgan fingerprint density at radius 3 is 2.71 bits per heavy atom. The van der Waals surface area contributed by atoms with Gasteiger partial charge in [0.2, 0.25) is 6.20 Å². The van der Waals surface area contributed by atoms with E-state index in [0.29, 0.717) is 16.7 Å². The van der Waals surface area contributed by atoms with Crippen LogP contribution in [-0.2, 0) is 6.54 Å². The van der Waals surface area contributed by atoms with Crippen molar-refractivity contribution in [1.82, 2.24) is 4.98 Å². The third-order valence-corrected chi connectivity index (χ3v) is 3.20. The summed E-state index contributed by atoms with van der Waals surface area (Å²) >= 11 is 5.94. The van der Waals surface area contributed by atoms with Gasteiger partial charge in [0.05, 0.1) is 6.20 Å². The summed E-state index contributed by atoms with van der Waals surface area (Å²) in [5.41, 5.74) is 1.22. The van der Waals surface area contributed by atoms with Crippen LogP contribution >= 0.6 is 11.6 Å². The number of ether oxygens (including phenoxy) is 1. The standard InChI is InChI=1S/C17H14ClN2O/c18-15-7-4-8-16(11-15)21-17-13-20(10-9-19-17)12-14-5-2-1-3-6-14/h1-11,13H,12H2/q+1. The van der Waals surface area contributed by atoms with Gasteiger partial charge in [-0.05, 0) is 18.2 Å². The van der Waals surface area contributed by atoms with E-state index in [4.69, 9.17) is 16.3 Å². The van der Waals surface area contributed by atoms with Crippen LogP contribution in [0.2, 0.25) is 5.02 Å². The molecule has 3 rings (SSSR count). The second kappa shape index (κ2) is 6.37. The predicted molar refractivity (Wildman–Crippen MR) is 81.5 cm³/mol. The molecular weight excluding hydrogens is 284 g/mol. The van der Waals surface area contributed by atoms with E-state index in [9.17, 15) is 0 Å². The third-order valence-electron chi connectivity index (χ3n) is 2.96. The molecule has 0 radical (unpaired) electrons. The van der Waals surface area contributed by atoms with Crippen molar-refractivity contribution in [1.29, 1.82) is 0 Å². The number of hydrogen-bond acceptors (Lipinski definition) is 2. The number of hydrogen-bond donors (Lipinski definition) is 0. The van der Waals surface area contributed by atoms with E-state index >= 15 is 0 Å². The first-order valence-electron chi connectivity index (χ1n) is 6.62. The largest absolute Gasteiger partial charge is 0.434 e. The third kappa shape index (κ3) is 3.80. The minimum atomic E-state index is 0.538. The molecule has 0 amide bonds. The van der Waals surface area contributed by atoms with E-state index in [1.807, 2.05) is 53.4 Å². The van der Waals surface area contributed by atoms with Crippen LogP contribution in [0.1, 0.15) is 5.56 Å². The summed E-state index contributed by atoms with van der Waals surface area (Å²) in [4.78, 5) is 4.22. The fraction of sp³-hybridized carbons (Fsp3) is 0.0588. The maximum Gasteiger partial charge on any atom is 0.285 e. The Kier molecular flexibility index (Phi) is 4.12. The van der Waals surface area contributed by atoms with E-state index in [0.717, 1.165) is 6.54 Å². The smallest absolute Gasteiger partial charge is 0.285 e. The molecule has 0 saturated carbocycles. The summed E-state index contributed by atoms with van der Waals surface area (Å²) in [6.45, 7) is 0.773. The zero-order chi connectivity index (χ0) is 14.5. The number of aromatic nitrogens is 2. The SMILES string of the molecule is Clc1cccc(Oc2c[n+](Cc3ccccc3)ccn2)c1. The maximum absolute atomic E-state index is 5.94. The van der Waals surface area contributed by atoms with Crippen molar-refractivity contribution >= 4 is 11.6 Å². The van der Waals surface area contributed by atoms with Crippen molar-refractivity contribution < 1.29 is 9.30 Å². The molecule has 3 nitrogen and oxygen atoms in total. The van der Waals surface area contributed by atoms with E-state index < -0.39 is 0 Å². The molecule has 1 aromatic heterocycles. The van der Waals surface area contributed by atoms with Crippen LogP contribution in [-0.4, -0.2) is 4.98 Å². The van der Waals surface area contributed by atoms with Crippen molar-refractivity contribution in [2.75, 3.05) is 0 Å². The van der Waals surface area contributed by atoms with Gasteiger partial charge in [0, 0.05) is 10.6 Å². The van der Waals surface area contributed by atoms with E-state index in [1.54, 1.807) is 12.3 Å². The highest BCUT2D eigenvalue weighted by molar-refractivity contribution is 6.30. The van der Waals surface area contributed by atoms with Crippen LogP contribution in [0, 0.1) is 0 Å². The quantitative estimate of drug-likeness (QED) is 0.683. The number of rotatable bonds is 4. The first-order valence-corrected chi connectivity index (χ1v) is 7.00. The molecule has 0 N–H and O–H groups in total. The van der Waals surface area contributed by atoms with E-state index in [-0.39, 0.29) is 0 Å². The summed E-state index contributed by atoms with van der Waals surface area (Å²) in [6, 6.07) is 17.5. The summed E-state index contributed by atoms with van der Waals surface area (Å²) in [6.07, 6.45) is 5.51. The van der Waals surface area contributed by atoms with Gasteiger partial charge in [0.15, 0.2) is 12.7 Å². The van der Waals surface area contributed by atoms with Gasteiger partial charge in [-0.1, -0.05) is 48.0 Å². The molecule has 104 valence electrons. The van der Waals surface area contributed by atoms with Crippen LogP contribution in [0.4, 0.5) is 0 Å². The van der Waals surface area contributed by atoms with Gasteiger partial charge in [-0.25, -0.2) is 4.98 Å². The highest BCUT2D eigenvalue weighted by Crippen LogP contribution is 2.21. The molecule has 0 aliphatic heterocycles. The lowest BCUT2D eigenvalue weighted by molar-refractivity contribution is -0.689. The molecular formula is C17H14ClN2O+. The van der Waals surface area contributed by atoms with Crippen LogP contribution < -0.4 is 9.30 Å². The summed E-state index contributed by atoms with van der Waals surface area (Å²) < 4.78 is 7.75. The van der Waals surface area contributed by atoms with Crippen LogP contribution in [0.15, 0.2) is 73.2 Å². The maximum atomic E-state index is 5.94. The molecule has 0 spiro atoms. The van der Waals surface area contributed by atoms with Crippen molar-refractivity contribution in [2.24, 2.45) is 0 Å². The molecule has 0 aliphatic rings. The lowest BCUT2D eigenvalue weighted by Crippen LogP contribution is -2.33. The van der Waals surface area contributed by atoms with Crippen LogP contribution in [0.25, 0.3) is 0 Å². The molecule has 0 fully saturated rings. The van der Waals surface area contributed by atoms with Gasteiger partial charge < -0.3 is 4.74 Å². The number of nitrogens with zero attached hydrogens (tertiary/aromatic N) is 2. The molecule has 1 heterocycles. The average molecular weight is 298 g/mol. The van der Waals surface area contributed by atoms with Crippen molar-refractivity contribution in [3.63, 3.8) is 0 Å². The van der Waals surface area contributed by atoms with Gasteiger partial charge >= 0.3 is 0 Å². The number of halogens is 1. The minimum absolute atomic E-state index is 0.538. The molecule has 2 aromatic carbocycles. The Morgan fingerprint density at radius 1 is 1.05 bits per heavy atom. The van der Waals surface area contributed by atoms with Gasteiger partial charge in [-0.3, -0.25) is 0 Å². The lowest BCUT2D eigenvalue weighted by atomic mass is 10.2. The van der Waals surface area contributed by atoms with Crippen molar-refractivity contribution in [2.45, 2.75) is 6.54 Å². The molecule has 0 unspecified atom stereocenters. The fourth-order valence-electron chi connectivity index (χ4n) is 2.01. The summed E-state index contributed by atoms with van der Waals surface area (Å²) in [5, 5.41) is 0.639. The van der Waals surface area contributed by atoms with Crippen LogP contribution in [0.5, 0.6) is 11.6 Å². The summed E-state index contributed by atoms with van der Waals surface area (Å²) in [7, 11) is 0. The normalized spacial score (nSPS) is 10.3. The Balaban J connectivity index is 1.77. The molecule has 4 heteroatoms. The highest BCUT2D eigenvalue weighted by Gasteiger charge is 2.07. The molecule has 3 aromatic rings.